The lowest BCUT2D eigenvalue weighted by atomic mass is 10.2. The summed E-state index contributed by atoms with van der Waals surface area (Å²) < 4.78 is 40.8. The van der Waals surface area contributed by atoms with Crippen molar-refractivity contribution >= 4 is 33.6 Å². The molecule has 0 saturated heterocycles. The van der Waals surface area contributed by atoms with Gasteiger partial charge in [0.1, 0.15) is 5.75 Å². The van der Waals surface area contributed by atoms with E-state index in [1.165, 1.54) is 18.2 Å². The highest BCUT2D eigenvalue weighted by Gasteiger charge is 2.30. The van der Waals surface area contributed by atoms with E-state index in [-0.39, 0.29) is 5.75 Å². The molecular weight excluding hydrogens is 375 g/mol. The lowest BCUT2D eigenvalue weighted by Crippen LogP contribution is -2.17. The van der Waals surface area contributed by atoms with Gasteiger partial charge in [0.25, 0.3) is 0 Å². The fraction of sp³-hybridized carbons (Fsp3) is 0.0625. The number of halogens is 4. The third kappa shape index (κ3) is 6.15. The zero-order valence-corrected chi connectivity index (χ0v) is 13.2. The maximum Gasteiger partial charge on any atom is 0.573 e. The van der Waals surface area contributed by atoms with Gasteiger partial charge in [-0.1, -0.05) is 28.1 Å². The SMILES string of the molecule is O=C(/C=C/c1ccc(Br)cc1)Nc1ccc(OC(F)(F)F)cc1. The Labute approximate surface area is 138 Å². The normalized spacial score (nSPS) is 11.5. The highest BCUT2D eigenvalue weighted by molar-refractivity contribution is 9.10. The van der Waals surface area contributed by atoms with Gasteiger partial charge >= 0.3 is 6.36 Å². The van der Waals surface area contributed by atoms with Crippen molar-refractivity contribution in [3.05, 3.63) is 64.6 Å². The van der Waals surface area contributed by atoms with Gasteiger partial charge < -0.3 is 10.1 Å². The third-order valence-electron chi connectivity index (χ3n) is 2.65. The Morgan fingerprint density at radius 2 is 1.65 bits per heavy atom. The van der Waals surface area contributed by atoms with Crippen LogP contribution in [0, 0.1) is 0 Å². The fourth-order valence-electron chi connectivity index (χ4n) is 1.67. The predicted octanol–water partition coefficient (Wildman–Crippen LogP) is 5.00. The third-order valence-corrected chi connectivity index (χ3v) is 3.18. The first-order valence-corrected chi connectivity index (χ1v) is 7.21. The molecule has 0 fully saturated rings. The van der Waals surface area contributed by atoms with E-state index in [2.05, 4.69) is 26.0 Å². The van der Waals surface area contributed by atoms with Crippen LogP contribution in [-0.4, -0.2) is 12.3 Å². The van der Waals surface area contributed by atoms with Crippen molar-refractivity contribution in [2.45, 2.75) is 6.36 Å². The highest BCUT2D eigenvalue weighted by atomic mass is 79.9. The minimum Gasteiger partial charge on any atom is -0.406 e. The van der Waals surface area contributed by atoms with Gasteiger partial charge in [-0.15, -0.1) is 13.2 Å². The number of hydrogen-bond donors (Lipinski definition) is 1. The lowest BCUT2D eigenvalue weighted by molar-refractivity contribution is -0.274. The molecule has 7 heteroatoms. The summed E-state index contributed by atoms with van der Waals surface area (Å²) in [5.74, 6) is -0.738. The molecule has 3 nitrogen and oxygen atoms in total. The second kappa shape index (κ2) is 7.32. The average Bonchev–Trinajstić information content (AvgIpc) is 2.47. The van der Waals surface area contributed by atoms with Gasteiger partial charge in [0.15, 0.2) is 0 Å². The maximum absolute atomic E-state index is 12.0. The van der Waals surface area contributed by atoms with E-state index in [1.54, 1.807) is 6.08 Å². The second-order valence-electron chi connectivity index (χ2n) is 4.45. The van der Waals surface area contributed by atoms with Gasteiger partial charge in [-0.2, -0.15) is 0 Å². The van der Waals surface area contributed by atoms with Crippen LogP contribution in [0.15, 0.2) is 59.1 Å². The van der Waals surface area contributed by atoms with Crippen molar-refractivity contribution in [1.29, 1.82) is 0 Å². The van der Waals surface area contributed by atoms with Crippen molar-refractivity contribution in [1.82, 2.24) is 0 Å². The van der Waals surface area contributed by atoms with E-state index in [0.29, 0.717) is 5.69 Å². The number of rotatable bonds is 4. The van der Waals surface area contributed by atoms with Gasteiger partial charge in [0.05, 0.1) is 0 Å². The molecule has 2 aromatic rings. The van der Waals surface area contributed by atoms with Gasteiger partial charge in [0.2, 0.25) is 5.91 Å². The summed E-state index contributed by atoms with van der Waals surface area (Å²) in [5.41, 5.74) is 1.21. The number of carbonyl (C=O) groups excluding carboxylic acids is 1. The van der Waals surface area contributed by atoms with Crippen molar-refractivity contribution in [3.63, 3.8) is 0 Å². The largest absolute Gasteiger partial charge is 0.573 e. The van der Waals surface area contributed by atoms with Crippen LogP contribution in [0.5, 0.6) is 5.75 Å². The summed E-state index contributed by atoms with van der Waals surface area (Å²) in [6, 6.07) is 12.3. The molecule has 0 saturated carbocycles. The monoisotopic (exact) mass is 385 g/mol. The van der Waals surface area contributed by atoms with Crippen LogP contribution in [0.4, 0.5) is 18.9 Å². The van der Waals surface area contributed by atoms with E-state index in [0.717, 1.165) is 22.2 Å². The molecule has 0 aliphatic carbocycles. The molecule has 0 radical (unpaired) electrons. The molecular formula is C16H11BrF3NO2. The van der Waals surface area contributed by atoms with Gasteiger partial charge in [-0.05, 0) is 48.0 Å². The Hall–Kier alpha value is -2.28. The zero-order valence-electron chi connectivity index (χ0n) is 11.6. The van der Waals surface area contributed by atoms with Crippen LogP contribution in [0.2, 0.25) is 0 Å². The molecule has 0 bridgehead atoms. The molecule has 0 atom stereocenters. The number of anilines is 1. The molecule has 0 aromatic heterocycles. The lowest BCUT2D eigenvalue weighted by Gasteiger charge is -2.09. The number of hydrogen-bond acceptors (Lipinski definition) is 2. The average molecular weight is 386 g/mol. The second-order valence-corrected chi connectivity index (χ2v) is 5.36. The van der Waals surface area contributed by atoms with Crippen LogP contribution >= 0.6 is 15.9 Å². The summed E-state index contributed by atoms with van der Waals surface area (Å²) in [6.45, 7) is 0. The van der Waals surface area contributed by atoms with Gasteiger partial charge in [-0.3, -0.25) is 4.79 Å². The van der Waals surface area contributed by atoms with E-state index in [1.807, 2.05) is 24.3 Å². The Balaban J connectivity index is 1.93. The number of alkyl halides is 3. The first-order chi connectivity index (χ1) is 10.8. The molecule has 0 heterocycles. The van der Waals surface area contributed by atoms with E-state index >= 15 is 0 Å². The van der Waals surface area contributed by atoms with E-state index < -0.39 is 12.3 Å². The molecule has 2 aromatic carbocycles. The summed E-state index contributed by atoms with van der Waals surface area (Å²) in [5, 5.41) is 2.54. The van der Waals surface area contributed by atoms with Crippen LogP contribution in [-0.2, 0) is 4.79 Å². The molecule has 120 valence electrons. The van der Waals surface area contributed by atoms with Crippen LogP contribution in [0.25, 0.3) is 6.08 Å². The first kappa shape index (κ1) is 17.1. The van der Waals surface area contributed by atoms with Crippen molar-refractivity contribution in [2.75, 3.05) is 5.32 Å². The Morgan fingerprint density at radius 1 is 1.04 bits per heavy atom. The summed E-state index contributed by atoms with van der Waals surface area (Å²) >= 11 is 3.31. The minimum atomic E-state index is -4.74. The fourth-order valence-corrected chi connectivity index (χ4v) is 1.93. The Bertz CT molecular complexity index is 695. The van der Waals surface area contributed by atoms with Crippen molar-refractivity contribution < 1.29 is 22.7 Å². The van der Waals surface area contributed by atoms with Crippen molar-refractivity contribution in [2.24, 2.45) is 0 Å². The number of amides is 1. The van der Waals surface area contributed by atoms with Crippen LogP contribution < -0.4 is 10.1 Å². The molecule has 23 heavy (non-hydrogen) atoms. The van der Waals surface area contributed by atoms with Gasteiger partial charge in [0, 0.05) is 16.2 Å². The zero-order chi connectivity index (χ0) is 16.9. The molecule has 1 amide bonds. The number of ether oxygens (including phenoxy) is 1. The van der Waals surface area contributed by atoms with Crippen LogP contribution in [0.1, 0.15) is 5.56 Å². The van der Waals surface area contributed by atoms with Gasteiger partial charge in [-0.25, -0.2) is 0 Å². The molecule has 1 N–H and O–H groups in total. The quantitative estimate of drug-likeness (QED) is 0.752. The van der Waals surface area contributed by atoms with E-state index in [4.69, 9.17) is 0 Å². The predicted molar refractivity (Wildman–Crippen MR) is 84.9 cm³/mol. The highest BCUT2D eigenvalue weighted by Crippen LogP contribution is 2.23. The molecule has 0 aliphatic rings. The van der Waals surface area contributed by atoms with E-state index in [9.17, 15) is 18.0 Å². The maximum atomic E-state index is 12.0. The number of nitrogens with one attached hydrogen (secondary N) is 1. The topological polar surface area (TPSA) is 38.3 Å². The molecule has 2 rings (SSSR count). The summed E-state index contributed by atoms with van der Waals surface area (Å²) in [6.07, 6.45) is -1.77. The van der Waals surface area contributed by atoms with Crippen LogP contribution in [0.3, 0.4) is 0 Å². The smallest absolute Gasteiger partial charge is 0.406 e. The number of benzene rings is 2. The Kier molecular flexibility index (Phi) is 5.44. The summed E-state index contributed by atoms with van der Waals surface area (Å²) in [4.78, 5) is 11.7. The number of carbonyl (C=O) groups is 1. The minimum absolute atomic E-state index is 0.346. The first-order valence-electron chi connectivity index (χ1n) is 6.42. The van der Waals surface area contributed by atoms with Crippen molar-refractivity contribution in [3.8, 4) is 5.75 Å². The standard InChI is InChI=1S/C16H11BrF3NO2/c17-12-4-1-11(2-5-12)3-10-15(22)21-13-6-8-14(9-7-13)23-16(18,19)20/h1-10H,(H,21,22)/b10-3+. The Morgan fingerprint density at radius 3 is 2.22 bits per heavy atom. The molecule has 0 aliphatic heterocycles. The molecule has 0 spiro atoms. The summed E-state index contributed by atoms with van der Waals surface area (Å²) in [7, 11) is 0. The molecule has 0 unspecified atom stereocenters.